The molecule has 1 aliphatic rings. The Kier molecular flexibility index (Phi) is 4.79. The van der Waals surface area contributed by atoms with E-state index in [0.717, 1.165) is 58.3 Å². The first-order valence-electron chi connectivity index (χ1n) is 9.05. The molecule has 136 valence electrons. The molecule has 3 aromatic rings. The van der Waals surface area contributed by atoms with Gasteiger partial charge in [-0.2, -0.15) is 0 Å². The Morgan fingerprint density at radius 2 is 1.81 bits per heavy atom. The van der Waals surface area contributed by atoms with Crippen molar-refractivity contribution < 1.29 is 9.47 Å². The van der Waals surface area contributed by atoms with Gasteiger partial charge in [0.25, 0.3) is 0 Å². The first-order chi connectivity index (χ1) is 13.3. The molecule has 0 saturated carbocycles. The second-order valence-electron chi connectivity index (χ2n) is 6.38. The monoisotopic (exact) mass is 358 g/mol. The van der Waals surface area contributed by atoms with Crippen LogP contribution in [0.15, 0.2) is 66.8 Å². The molecule has 27 heavy (non-hydrogen) atoms. The Morgan fingerprint density at radius 3 is 2.52 bits per heavy atom. The Balaban J connectivity index is 1.87. The third kappa shape index (κ3) is 3.38. The Bertz CT molecular complexity index is 1000. The summed E-state index contributed by atoms with van der Waals surface area (Å²) in [6.07, 6.45) is 8.72. The van der Waals surface area contributed by atoms with Crippen molar-refractivity contribution in [2.24, 2.45) is 0 Å². The maximum absolute atomic E-state index is 5.57. The van der Waals surface area contributed by atoms with Crippen molar-refractivity contribution in [1.82, 2.24) is 9.97 Å². The van der Waals surface area contributed by atoms with Gasteiger partial charge in [0.15, 0.2) is 0 Å². The number of hydrogen-bond donors (Lipinski definition) is 1. The molecule has 4 rings (SSSR count). The minimum atomic E-state index is 0.724. The van der Waals surface area contributed by atoms with Gasteiger partial charge < -0.3 is 14.5 Å². The first kappa shape index (κ1) is 17.2. The fraction of sp³-hybridized carbons (Fsp3) is 0.174. The SMILES string of the molecule is COc1ccc(-c2nc(C3=CCCC=C3)c(-c3ccccc3)[nH]2)c(OC)c1. The summed E-state index contributed by atoms with van der Waals surface area (Å²) in [5.74, 6) is 2.26. The number of aromatic amines is 1. The van der Waals surface area contributed by atoms with Crippen LogP contribution in [0.25, 0.3) is 28.2 Å². The lowest BCUT2D eigenvalue weighted by Gasteiger charge is -2.08. The molecule has 2 aromatic carbocycles. The highest BCUT2D eigenvalue weighted by molar-refractivity contribution is 5.84. The van der Waals surface area contributed by atoms with E-state index in [1.165, 1.54) is 0 Å². The average molecular weight is 358 g/mol. The smallest absolute Gasteiger partial charge is 0.142 e. The number of imidazole rings is 1. The highest BCUT2D eigenvalue weighted by atomic mass is 16.5. The lowest BCUT2D eigenvalue weighted by Crippen LogP contribution is -1.92. The largest absolute Gasteiger partial charge is 0.497 e. The summed E-state index contributed by atoms with van der Waals surface area (Å²) in [5.41, 5.74) is 5.14. The number of hydrogen-bond acceptors (Lipinski definition) is 3. The van der Waals surface area contributed by atoms with Crippen molar-refractivity contribution in [1.29, 1.82) is 0 Å². The molecule has 1 heterocycles. The molecule has 1 aromatic heterocycles. The highest BCUT2D eigenvalue weighted by Gasteiger charge is 2.18. The standard InChI is InChI=1S/C23H22N2O2/c1-26-18-13-14-19(20(15-18)27-2)23-24-21(16-9-5-3-6-10-16)22(25-23)17-11-7-4-8-12-17/h3,5-7,9-15H,4,8H2,1-2H3,(H,24,25). The van der Waals surface area contributed by atoms with Crippen molar-refractivity contribution in [3.63, 3.8) is 0 Å². The number of rotatable bonds is 5. The quantitative estimate of drug-likeness (QED) is 0.655. The minimum absolute atomic E-state index is 0.724. The van der Waals surface area contributed by atoms with E-state index in [2.05, 4.69) is 35.3 Å². The Morgan fingerprint density at radius 1 is 0.963 bits per heavy atom. The van der Waals surface area contributed by atoms with E-state index in [1.807, 2.05) is 36.4 Å². The number of benzene rings is 2. The maximum atomic E-state index is 5.57. The van der Waals surface area contributed by atoms with E-state index in [9.17, 15) is 0 Å². The molecular weight excluding hydrogens is 336 g/mol. The number of methoxy groups -OCH3 is 2. The lowest BCUT2D eigenvalue weighted by atomic mass is 10.0. The number of allylic oxidation sites excluding steroid dienone is 4. The second-order valence-corrected chi connectivity index (χ2v) is 6.38. The van der Waals surface area contributed by atoms with Gasteiger partial charge in [0, 0.05) is 11.6 Å². The molecule has 0 bridgehead atoms. The van der Waals surface area contributed by atoms with Crippen LogP contribution in [-0.2, 0) is 0 Å². The summed E-state index contributed by atoms with van der Waals surface area (Å²) in [4.78, 5) is 8.47. The summed E-state index contributed by atoms with van der Waals surface area (Å²) >= 11 is 0. The van der Waals surface area contributed by atoms with Gasteiger partial charge in [-0.3, -0.25) is 0 Å². The van der Waals surface area contributed by atoms with E-state index in [0.29, 0.717) is 0 Å². The Hall–Kier alpha value is -3.27. The van der Waals surface area contributed by atoms with Crippen molar-refractivity contribution in [3.05, 3.63) is 72.5 Å². The van der Waals surface area contributed by atoms with Gasteiger partial charge in [-0.1, -0.05) is 48.6 Å². The Labute approximate surface area is 159 Å². The molecule has 1 N–H and O–H groups in total. The normalized spacial score (nSPS) is 13.3. The zero-order valence-corrected chi connectivity index (χ0v) is 15.5. The van der Waals surface area contributed by atoms with Crippen LogP contribution in [0.3, 0.4) is 0 Å². The van der Waals surface area contributed by atoms with Gasteiger partial charge >= 0.3 is 0 Å². The molecule has 1 aliphatic carbocycles. The zero-order chi connectivity index (χ0) is 18.6. The number of H-pyrrole nitrogens is 1. The van der Waals surface area contributed by atoms with Crippen molar-refractivity contribution in [2.75, 3.05) is 14.2 Å². The van der Waals surface area contributed by atoms with Gasteiger partial charge in [-0.25, -0.2) is 4.98 Å². The molecule has 0 radical (unpaired) electrons. The molecular formula is C23H22N2O2. The second kappa shape index (κ2) is 7.54. The van der Waals surface area contributed by atoms with Gasteiger partial charge in [-0.05, 0) is 30.5 Å². The number of ether oxygens (including phenoxy) is 2. The predicted octanol–water partition coefficient (Wildman–Crippen LogP) is 5.49. The van der Waals surface area contributed by atoms with Gasteiger partial charge in [0.2, 0.25) is 0 Å². The van der Waals surface area contributed by atoms with E-state index < -0.39 is 0 Å². The van der Waals surface area contributed by atoms with Crippen LogP contribution in [0.4, 0.5) is 0 Å². The molecule has 0 unspecified atom stereocenters. The molecule has 0 spiro atoms. The van der Waals surface area contributed by atoms with E-state index in [-0.39, 0.29) is 0 Å². The van der Waals surface area contributed by atoms with Crippen LogP contribution in [0, 0.1) is 0 Å². The topological polar surface area (TPSA) is 47.1 Å². The van der Waals surface area contributed by atoms with Gasteiger partial charge in [-0.15, -0.1) is 0 Å². The van der Waals surface area contributed by atoms with Crippen molar-refractivity contribution >= 4 is 5.57 Å². The van der Waals surface area contributed by atoms with Crippen LogP contribution < -0.4 is 9.47 Å². The number of nitrogens with zero attached hydrogens (tertiary/aromatic N) is 1. The third-order valence-corrected chi connectivity index (χ3v) is 4.70. The van der Waals surface area contributed by atoms with E-state index in [1.54, 1.807) is 14.2 Å². The van der Waals surface area contributed by atoms with Crippen LogP contribution in [0.1, 0.15) is 18.5 Å². The highest BCUT2D eigenvalue weighted by Crippen LogP contribution is 2.36. The molecule has 0 saturated heterocycles. The zero-order valence-electron chi connectivity index (χ0n) is 15.5. The molecule has 0 atom stereocenters. The number of aromatic nitrogens is 2. The fourth-order valence-electron chi connectivity index (χ4n) is 3.31. The predicted molar refractivity (Wildman–Crippen MR) is 109 cm³/mol. The van der Waals surface area contributed by atoms with E-state index >= 15 is 0 Å². The first-order valence-corrected chi connectivity index (χ1v) is 9.05. The van der Waals surface area contributed by atoms with Gasteiger partial charge in [0.1, 0.15) is 17.3 Å². The van der Waals surface area contributed by atoms with Crippen molar-refractivity contribution in [2.45, 2.75) is 12.8 Å². The van der Waals surface area contributed by atoms with Crippen molar-refractivity contribution in [3.8, 4) is 34.1 Å². The molecule has 4 nitrogen and oxygen atoms in total. The summed E-state index contributed by atoms with van der Waals surface area (Å²) in [7, 11) is 3.31. The summed E-state index contributed by atoms with van der Waals surface area (Å²) in [6.45, 7) is 0. The minimum Gasteiger partial charge on any atom is -0.497 e. The summed E-state index contributed by atoms with van der Waals surface area (Å²) in [5, 5.41) is 0. The molecule has 0 fully saturated rings. The third-order valence-electron chi connectivity index (χ3n) is 4.70. The molecule has 0 amide bonds. The number of nitrogens with one attached hydrogen (secondary N) is 1. The van der Waals surface area contributed by atoms with Crippen LogP contribution in [0.5, 0.6) is 11.5 Å². The van der Waals surface area contributed by atoms with E-state index in [4.69, 9.17) is 14.5 Å². The summed E-state index contributed by atoms with van der Waals surface area (Å²) in [6, 6.07) is 16.1. The van der Waals surface area contributed by atoms with Crippen LogP contribution in [-0.4, -0.2) is 24.2 Å². The summed E-state index contributed by atoms with van der Waals surface area (Å²) < 4.78 is 10.9. The molecule has 0 aliphatic heterocycles. The fourth-order valence-corrected chi connectivity index (χ4v) is 3.31. The molecule has 4 heteroatoms. The average Bonchev–Trinajstić information content (AvgIpc) is 3.19. The van der Waals surface area contributed by atoms with Crippen LogP contribution in [0.2, 0.25) is 0 Å². The lowest BCUT2D eigenvalue weighted by molar-refractivity contribution is 0.395. The van der Waals surface area contributed by atoms with Gasteiger partial charge in [0.05, 0.1) is 31.2 Å². The van der Waals surface area contributed by atoms with Crippen LogP contribution >= 0.6 is 0 Å². The maximum Gasteiger partial charge on any atom is 0.142 e.